The molecule has 1 aliphatic heterocycles. The van der Waals surface area contributed by atoms with Crippen molar-refractivity contribution < 1.29 is 23.7 Å². The fraction of sp³-hybridized carbons (Fsp3) is 0.393. The number of hydrogen-bond donors (Lipinski definition) is 0. The van der Waals surface area contributed by atoms with E-state index in [1.807, 2.05) is 38.1 Å². The second kappa shape index (κ2) is 11.5. The summed E-state index contributed by atoms with van der Waals surface area (Å²) in [7, 11) is 4.74. The van der Waals surface area contributed by atoms with Gasteiger partial charge in [0.05, 0.1) is 27.4 Å². The smallest absolute Gasteiger partial charge is 0.285 e. The number of methoxy groups -OCH3 is 3. The minimum Gasteiger partial charge on any atom is -0.496 e. The first-order valence-corrected chi connectivity index (χ1v) is 12.3. The zero-order chi connectivity index (χ0) is 26.5. The molecule has 37 heavy (non-hydrogen) atoms. The summed E-state index contributed by atoms with van der Waals surface area (Å²) < 4.78 is 24.1. The Morgan fingerprint density at radius 3 is 2.30 bits per heavy atom. The summed E-state index contributed by atoms with van der Waals surface area (Å²) in [6.07, 6.45) is 2.21. The number of amides is 1. The highest BCUT2D eigenvalue weighted by atomic mass is 16.5. The van der Waals surface area contributed by atoms with E-state index in [-0.39, 0.29) is 30.1 Å². The summed E-state index contributed by atoms with van der Waals surface area (Å²) in [5.74, 6) is 1.89. The Morgan fingerprint density at radius 1 is 1.00 bits per heavy atom. The van der Waals surface area contributed by atoms with Crippen LogP contribution in [0.5, 0.6) is 17.2 Å². The number of ether oxygens (including phenoxy) is 4. The first-order valence-electron chi connectivity index (χ1n) is 12.3. The van der Waals surface area contributed by atoms with Crippen molar-refractivity contribution in [1.82, 2.24) is 14.5 Å². The second-order valence-corrected chi connectivity index (χ2v) is 9.10. The van der Waals surface area contributed by atoms with Crippen molar-refractivity contribution in [2.24, 2.45) is 0 Å². The van der Waals surface area contributed by atoms with Gasteiger partial charge in [0.25, 0.3) is 11.5 Å². The SMILES string of the molecule is COc1ccccc1C1CCN(C(=O)c2cn(-c3c(OC)cccc3OC)c(COC(C)C)nc2=O)C1. The third-order valence-corrected chi connectivity index (χ3v) is 6.47. The van der Waals surface area contributed by atoms with Gasteiger partial charge in [-0.25, -0.2) is 0 Å². The molecule has 1 aromatic heterocycles. The van der Waals surface area contributed by atoms with Crippen molar-refractivity contribution in [3.05, 3.63) is 76.0 Å². The first-order chi connectivity index (χ1) is 17.9. The maximum absolute atomic E-state index is 13.6. The molecule has 9 heteroatoms. The predicted molar refractivity (Wildman–Crippen MR) is 139 cm³/mol. The van der Waals surface area contributed by atoms with Crippen LogP contribution in [-0.4, -0.2) is 60.9 Å². The first kappa shape index (κ1) is 26.2. The molecule has 1 fully saturated rings. The van der Waals surface area contributed by atoms with Crippen LogP contribution in [0.2, 0.25) is 0 Å². The van der Waals surface area contributed by atoms with Gasteiger partial charge in [-0.05, 0) is 44.0 Å². The molecule has 4 rings (SSSR count). The molecule has 0 spiro atoms. The van der Waals surface area contributed by atoms with Crippen LogP contribution in [0.3, 0.4) is 0 Å². The minimum atomic E-state index is -0.599. The number of aromatic nitrogens is 2. The number of carbonyl (C=O) groups excluding carboxylic acids is 1. The third kappa shape index (κ3) is 5.46. The van der Waals surface area contributed by atoms with Gasteiger partial charge >= 0.3 is 0 Å². The summed E-state index contributed by atoms with van der Waals surface area (Å²) >= 11 is 0. The van der Waals surface area contributed by atoms with Gasteiger partial charge in [0, 0.05) is 25.2 Å². The maximum Gasteiger partial charge on any atom is 0.285 e. The largest absolute Gasteiger partial charge is 0.496 e. The lowest BCUT2D eigenvalue weighted by molar-refractivity contribution is 0.0596. The summed E-state index contributed by atoms with van der Waals surface area (Å²) in [5.41, 5.74) is 0.959. The van der Waals surface area contributed by atoms with Crippen LogP contribution in [0.1, 0.15) is 47.9 Å². The Kier molecular flexibility index (Phi) is 8.13. The molecule has 1 aliphatic rings. The van der Waals surface area contributed by atoms with E-state index in [4.69, 9.17) is 18.9 Å². The van der Waals surface area contributed by atoms with E-state index in [9.17, 15) is 9.59 Å². The monoisotopic (exact) mass is 507 g/mol. The van der Waals surface area contributed by atoms with Gasteiger partial charge in [-0.3, -0.25) is 14.2 Å². The van der Waals surface area contributed by atoms with Crippen molar-refractivity contribution in [2.45, 2.75) is 38.9 Å². The van der Waals surface area contributed by atoms with Crippen molar-refractivity contribution in [3.8, 4) is 22.9 Å². The molecule has 0 saturated carbocycles. The Hall–Kier alpha value is -3.85. The summed E-state index contributed by atoms with van der Waals surface area (Å²) in [5, 5.41) is 0. The summed E-state index contributed by atoms with van der Waals surface area (Å²) in [6, 6.07) is 13.2. The minimum absolute atomic E-state index is 0.0260. The number of nitrogens with zero attached hydrogens (tertiary/aromatic N) is 3. The molecular weight excluding hydrogens is 474 g/mol. The summed E-state index contributed by atoms with van der Waals surface area (Å²) in [6.45, 7) is 4.87. The fourth-order valence-electron chi connectivity index (χ4n) is 4.62. The third-order valence-electron chi connectivity index (χ3n) is 6.47. The van der Waals surface area contributed by atoms with E-state index in [0.29, 0.717) is 36.1 Å². The Bertz CT molecular complexity index is 1300. The van der Waals surface area contributed by atoms with Crippen LogP contribution in [0.25, 0.3) is 5.69 Å². The molecule has 3 aromatic rings. The van der Waals surface area contributed by atoms with E-state index >= 15 is 0 Å². The van der Waals surface area contributed by atoms with E-state index in [2.05, 4.69) is 4.98 Å². The normalized spacial score (nSPS) is 15.2. The zero-order valence-electron chi connectivity index (χ0n) is 21.9. The fourth-order valence-corrected chi connectivity index (χ4v) is 4.62. The number of hydrogen-bond acceptors (Lipinski definition) is 7. The standard InChI is InChI=1S/C28H33N3O6/c1-18(2)37-17-25-29-27(32)21(16-31(25)26-23(35-4)11-8-12-24(26)36-5)28(33)30-14-13-19(15-30)20-9-6-7-10-22(20)34-3/h6-12,16,18-19H,13-15,17H2,1-5H3. The molecule has 1 amide bonds. The topological polar surface area (TPSA) is 92.1 Å². The molecular formula is C28H33N3O6. The quantitative estimate of drug-likeness (QED) is 0.435. The van der Waals surface area contributed by atoms with Gasteiger partial charge in [0.1, 0.15) is 40.9 Å². The van der Waals surface area contributed by atoms with E-state index < -0.39 is 5.56 Å². The molecule has 1 unspecified atom stereocenters. The lowest BCUT2D eigenvalue weighted by Crippen LogP contribution is -2.35. The Labute approximate surface area is 216 Å². The van der Waals surface area contributed by atoms with Gasteiger partial charge in [0.15, 0.2) is 0 Å². The van der Waals surface area contributed by atoms with E-state index in [1.165, 1.54) is 6.20 Å². The van der Waals surface area contributed by atoms with Crippen LogP contribution >= 0.6 is 0 Å². The van der Waals surface area contributed by atoms with E-state index in [0.717, 1.165) is 17.7 Å². The molecule has 0 N–H and O–H groups in total. The van der Waals surface area contributed by atoms with Crippen molar-refractivity contribution >= 4 is 5.91 Å². The Morgan fingerprint density at radius 2 is 1.65 bits per heavy atom. The van der Waals surface area contributed by atoms with Crippen LogP contribution < -0.4 is 19.8 Å². The molecule has 2 aromatic carbocycles. The maximum atomic E-state index is 13.6. The Balaban J connectivity index is 1.73. The average molecular weight is 508 g/mol. The number of likely N-dealkylation sites (tertiary alicyclic amines) is 1. The number of carbonyl (C=O) groups is 1. The van der Waals surface area contributed by atoms with Crippen LogP contribution in [0, 0.1) is 0 Å². The van der Waals surface area contributed by atoms with Gasteiger partial charge in [-0.1, -0.05) is 24.3 Å². The molecule has 1 saturated heterocycles. The van der Waals surface area contributed by atoms with Crippen molar-refractivity contribution in [1.29, 1.82) is 0 Å². The van der Waals surface area contributed by atoms with E-state index in [1.54, 1.807) is 49.0 Å². The molecule has 0 bridgehead atoms. The predicted octanol–water partition coefficient (Wildman–Crippen LogP) is 3.81. The molecule has 0 radical (unpaired) electrons. The number of benzene rings is 2. The van der Waals surface area contributed by atoms with Crippen LogP contribution in [-0.2, 0) is 11.3 Å². The molecule has 196 valence electrons. The average Bonchev–Trinajstić information content (AvgIpc) is 3.41. The molecule has 1 atom stereocenters. The molecule has 2 heterocycles. The lowest BCUT2D eigenvalue weighted by Gasteiger charge is -2.21. The van der Waals surface area contributed by atoms with Crippen LogP contribution in [0.15, 0.2) is 53.5 Å². The van der Waals surface area contributed by atoms with Gasteiger partial charge < -0.3 is 23.8 Å². The van der Waals surface area contributed by atoms with Crippen molar-refractivity contribution in [3.63, 3.8) is 0 Å². The zero-order valence-corrected chi connectivity index (χ0v) is 21.9. The van der Waals surface area contributed by atoms with Crippen molar-refractivity contribution in [2.75, 3.05) is 34.4 Å². The molecule has 9 nitrogen and oxygen atoms in total. The highest BCUT2D eigenvalue weighted by molar-refractivity contribution is 5.94. The van der Waals surface area contributed by atoms with Gasteiger partial charge in [0.2, 0.25) is 0 Å². The highest BCUT2D eigenvalue weighted by Crippen LogP contribution is 2.35. The van der Waals surface area contributed by atoms with Crippen LogP contribution in [0.4, 0.5) is 0 Å². The lowest BCUT2D eigenvalue weighted by atomic mass is 9.97. The molecule has 0 aliphatic carbocycles. The second-order valence-electron chi connectivity index (χ2n) is 9.10. The summed E-state index contributed by atoms with van der Waals surface area (Å²) in [4.78, 5) is 32.7. The van der Waals surface area contributed by atoms with Gasteiger partial charge in [-0.2, -0.15) is 4.98 Å². The highest BCUT2D eigenvalue weighted by Gasteiger charge is 2.31. The van der Waals surface area contributed by atoms with Gasteiger partial charge in [-0.15, -0.1) is 0 Å². The number of para-hydroxylation sites is 2. The number of rotatable bonds is 9.